The van der Waals surface area contributed by atoms with Gasteiger partial charge in [0.1, 0.15) is 10.8 Å². The van der Waals surface area contributed by atoms with Gasteiger partial charge in [0.2, 0.25) is 5.91 Å². The van der Waals surface area contributed by atoms with E-state index in [2.05, 4.69) is 22.3 Å². The zero-order chi connectivity index (χ0) is 18.7. The molecule has 0 aromatic carbocycles. The highest BCUT2D eigenvalue weighted by Crippen LogP contribution is 2.25. The fourth-order valence-electron chi connectivity index (χ4n) is 3.29. The predicted molar refractivity (Wildman–Crippen MR) is 101 cm³/mol. The van der Waals surface area contributed by atoms with Gasteiger partial charge in [0.15, 0.2) is 9.84 Å². The normalized spacial score (nSPS) is 20.8. The van der Waals surface area contributed by atoms with Crippen LogP contribution >= 0.6 is 11.3 Å². The summed E-state index contributed by atoms with van der Waals surface area (Å²) in [5.74, 6) is -0.727. The minimum atomic E-state index is -3.55. The Balaban J connectivity index is 1.58. The van der Waals surface area contributed by atoms with E-state index in [-0.39, 0.29) is 11.8 Å². The lowest BCUT2D eigenvalue weighted by Gasteiger charge is -2.29. The van der Waals surface area contributed by atoms with Gasteiger partial charge in [0.05, 0.1) is 17.6 Å². The smallest absolute Gasteiger partial charge is 0.235 e. The molecule has 9 heteroatoms. The molecule has 0 aliphatic heterocycles. The van der Waals surface area contributed by atoms with Crippen molar-refractivity contribution in [3.05, 3.63) is 23.5 Å². The summed E-state index contributed by atoms with van der Waals surface area (Å²) in [7, 11) is -1.74. The van der Waals surface area contributed by atoms with Crippen LogP contribution in [0.5, 0.6) is 0 Å². The van der Waals surface area contributed by atoms with E-state index in [0.29, 0.717) is 11.6 Å². The molecule has 1 amide bonds. The molecule has 2 heterocycles. The van der Waals surface area contributed by atoms with Gasteiger partial charge in [-0.25, -0.2) is 13.4 Å². The molecular weight excluding hydrogens is 372 g/mol. The third-order valence-electron chi connectivity index (χ3n) is 4.68. The Morgan fingerprint density at radius 3 is 2.85 bits per heavy atom. The first kappa shape index (κ1) is 19.0. The van der Waals surface area contributed by atoms with Crippen LogP contribution < -0.4 is 5.32 Å². The van der Waals surface area contributed by atoms with Gasteiger partial charge >= 0.3 is 0 Å². The Hall–Kier alpha value is -1.74. The van der Waals surface area contributed by atoms with Crippen molar-refractivity contribution in [2.75, 3.05) is 5.75 Å². The summed E-state index contributed by atoms with van der Waals surface area (Å²) >= 11 is 1.37. The number of thiazole rings is 1. The lowest BCUT2D eigenvalue weighted by molar-refractivity contribution is -0.119. The zero-order valence-corrected chi connectivity index (χ0v) is 16.6. The lowest BCUT2D eigenvalue weighted by Crippen LogP contribution is -2.43. The summed E-state index contributed by atoms with van der Waals surface area (Å²) in [4.78, 5) is 16.5. The van der Waals surface area contributed by atoms with E-state index in [9.17, 15) is 13.2 Å². The molecule has 2 aromatic heterocycles. The largest absolute Gasteiger partial charge is 0.352 e. The van der Waals surface area contributed by atoms with E-state index in [1.54, 1.807) is 16.3 Å². The van der Waals surface area contributed by atoms with Crippen LogP contribution in [0.25, 0.3) is 10.6 Å². The highest BCUT2D eigenvalue weighted by molar-refractivity contribution is 7.91. The summed E-state index contributed by atoms with van der Waals surface area (Å²) in [6, 6.07) is 0.0860. The van der Waals surface area contributed by atoms with Crippen LogP contribution in [0.4, 0.5) is 0 Å². The molecule has 1 N–H and O–H groups in total. The molecule has 3 rings (SSSR count). The van der Waals surface area contributed by atoms with E-state index in [0.717, 1.165) is 29.8 Å². The first-order chi connectivity index (χ1) is 12.3. The number of rotatable bonds is 6. The average molecular weight is 397 g/mol. The predicted octanol–water partition coefficient (Wildman–Crippen LogP) is 2.15. The maximum Gasteiger partial charge on any atom is 0.235 e. The molecule has 1 fully saturated rings. The van der Waals surface area contributed by atoms with E-state index < -0.39 is 21.5 Å². The molecule has 142 valence electrons. The molecule has 2 aromatic rings. The van der Waals surface area contributed by atoms with Crippen LogP contribution in [-0.4, -0.2) is 40.9 Å². The molecule has 0 spiro atoms. The Morgan fingerprint density at radius 2 is 2.15 bits per heavy atom. The van der Waals surface area contributed by atoms with Gasteiger partial charge in [0, 0.05) is 30.2 Å². The van der Waals surface area contributed by atoms with Crippen LogP contribution in [0.15, 0.2) is 17.8 Å². The Labute approximate surface area is 157 Å². The molecule has 2 atom stereocenters. The van der Waals surface area contributed by atoms with Crippen LogP contribution in [0, 0.1) is 5.92 Å². The quantitative estimate of drug-likeness (QED) is 0.807. The zero-order valence-electron chi connectivity index (χ0n) is 15.0. The Kier molecular flexibility index (Phi) is 5.76. The summed E-state index contributed by atoms with van der Waals surface area (Å²) in [6.07, 6.45) is 7.78. The second kappa shape index (κ2) is 7.87. The van der Waals surface area contributed by atoms with Crippen molar-refractivity contribution in [2.24, 2.45) is 13.0 Å². The van der Waals surface area contributed by atoms with Crippen LogP contribution in [0.2, 0.25) is 0 Å². The molecule has 0 radical (unpaired) electrons. The standard InChI is InChI=1S/C17H24N4O3S2/c1-12-5-3-4-6-15(12)20-16(22)11-26(23,24)10-14-9-25-17(19-14)13-7-18-21(2)8-13/h7-9,12,15H,3-6,10-11H2,1-2H3,(H,20,22). The Morgan fingerprint density at radius 1 is 1.38 bits per heavy atom. The van der Waals surface area contributed by atoms with Crippen molar-refractivity contribution >= 4 is 27.1 Å². The number of carbonyl (C=O) groups excluding carboxylic acids is 1. The van der Waals surface area contributed by atoms with Gasteiger partial charge in [-0.15, -0.1) is 11.3 Å². The number of hydrogen-bond acceptors (Lipinski definition) is 6. The number of carbonyl (C=O) groups is 1. The van der Waals surface area contributed by atoms with Gasteiger partial charge in [-0.2, -0.15) is 5.10 Å². The molecule has 1 aliphatic carbocycles. The minimum Gasteiger partial charge on any atom is -0.352 e. The van der Waals surface area contributed by atoms with E-state index in [4.69, 9.17) is 0 Å². The van der Waals surface area contributed by atoms with Crippen molar-refractivity contribution in [3.8, 4) is 10.6 Å². The summed E-state index contributed by atoms with van der Waals surface area (Å²) in [5.41, 5.74) is 1.32. The fourth-order valence-corrected chi connectivity index (χ4v) is 5.38. The van der Waals surface area contributed by atoms with Crippen LogP contribution in [-0.2, 0) is 27.4 Å². The van der Waals surface area contributed by atoms with Gasteiger partial charge in [-0.3, -0.25) is 9.48 Å². The topological polar surface area (TPSA) is 94.0 Å². The SMILES string of the molecule is CC1CCCCC1NC(=O)CS(=O)(=O)Cc1csc(-c2cnn(C)c2)n1. The van der Waals surface area contributed by atoms with Crippen molar-refractivity contribution in [3.63, 3.8) is 0 Å². The van der Waals surface area contributed by atoms with Gasteiger partial charge < -0.3 is 5.32 Å². The molecule has 2 unspecified atom stereocenters. The number of aryl methyl sites for hydroxylation is 1. The first-order valence-electron chi connectivity index (χ1n) is 8.75. The van der Waals surface area contributed by atoms with E-state index in [1.165, 1.54) is 17.8 Å². The fraction of sp³-hybridized carbons (Fsp3) is 0.588. The average Bonchev–Trinajstić information content (AvgIpc) is 3.17. The number of sulfone groups is 1. The molecule has 1 aliphatic rings. The number of nitrogens with zero attached hydrogens (tertiary/aromatic N) is 3. The van der Waals surface area contributed by atoms with Gasteiger partial charge in [-0.1, -0.05) is 19.8 Å². The number of aromatic nitrogens is 3. The molecule has 0 saturated heterocycles. The second-order valence-electron chi connectivity index (χ2n) is 7.01. The van der Waals surface area contributed by atoms with Crippen molar-refractivity contribution in [2.45, 2.75) is 44.4 Å². The lowest BCUT2D eigenvalue weighted by atomic mass is 9.86. The second-order valence-corrected chi connectivity index (χ2v) is 9.94. The van der Waals surface area contributed by atoms with Gasteiger partial charge in [-0.05, 0) is 18.8 Å². The van der Waals surface area contributed by atoms with E-state index >= 15 is 0 Å². The van der Waals surface area contributed by atoms with Crippen molar-refractivity contribution in [1.82, 2.24) is 20.1 Å². The molecule has 26 heavy (non-hydrogen) atoms. The number of amides is 1. The van der Waals surface area contributed by atoms with Crippen molar-refractivity contribution in [1.29, 1.82) is 0 Å². The number of hydrogen-bond donors (Lipinski definition) is 1. The summed E-state index contributed by atoms with van der Waals surface area (Å²) in [5, 5.41) is 9.44. The highest BCUT2D eigenvalue weighted by Gasteiger charge is 2.25. The maximum absolute atomic E-state index is 12.4. The monoisotopic (exact) mass is 396 g/mol. The third kappa shape index (κ3) is 4.91. The highest BCUT2D eigenvalue weighted by atomic mass is 32.2. The maximum atomic E-state index is 12.4. The molecule has 0 bridgehead atoms. The molecular formula is C17H24N4O3S2. The summed E-state index contributed by atoms with van der Waals surface area (Å²) in [6.45, 7) is 2.11. The minimum absolute atomic E-state index is 0.0860. The number of nitrogens with one attached hydrogen (secondary N) is 1. The summed E-state index contributed by atoms with van der Waals surface area (Å²) < 4.78 is 26.4. The van der Waals surface area contributed by atoms with Crippen molar-refractivity contribution < 1.29 is 13.2 Å². The van der Waals surface area contributed by atoms with Gasteiger partial charge in [0.25, 0.3) is 0 Å². The molecule has 1 saturated carbocycles. The first-order valence-corrected chi connectivity index (χ1v) is 11.5. The van der Waals surface area contributed by atoms with Crippen LogP contribution in [0.1, 0.15) is 38.3 Å². The Bertz CT molecular complexity index is 872. The third-order valence-corrected chi connectivity index (χ3v) is 7.06. The van der Waals surface area contributed by atoms with Crippen LogP contribution in [0.3, 0.4) is 0 Å². The molecule has 7 nitrogen and oxygen atoms in total. The van der Waals surface area contributed by atoms with E-state index in [1.807, 2.05) is 13.2 Å².